The molecule has 19 heavy (non-hydrogen) atoms. The normalized spacial score (nSPS) is 19.3. The van der Waals surface area contributed by atoms with Crippen molar-refractivity contribution in [2.75, 3.05) is 32.8 Å². The van der Waals surface area contributed by atoms with Crippen LogP contribution in [0.25, 0.3) is 0 Å². The van der Waals surface area contributed by atoms with Gasteiger partial charge < -0.3 is 15.8 Å². The second-order valence-corrected chi connectivity index (χ2v) is 5.22. The van der Waals surface area contributed by atoms with Crippen molar-refractivity contribution in [3.8, 4) is 0 Å². The third-order valence-electron chi connectivity index (χ3n) is 3.65. The number of carbonyl (C=O) groups excluding carboxylic acids is 1. The molecule has 0 aromatic rings. The summed E-state index contributed by atoms with van der Waals surface area (Å²) < 4.78 is 5.77. The van der Waals surface area contributed by atoms with Crippen molar-refractivity contribution in [1.82, 2.24) is 10.2 Å². The third-order valence-corrected chi connectivity index (χ3v) is 3.65. The monoisotopic (exact) mass is 271 g/mol. The number of ether oxygens (including phenoxy) is 1. The predicted molar refractivity (Wildman–Crippen MR) is 77.0 cm³/mol. The molecule has 1 aliphatic rings. The minimum Gasteiger partial charge on any atom is -0.378 e. The molecule has 5 nitrogen and oxygen atoms in total. The number of piperidine rings is 1. The highest BCUT2D eigenvalue weighted by Gasteiger charge is 2.26. The van der Waals surface area contributed by atoms with Crippen molar-refractivity contribution < 1.29 is 9.53 Å². The van der Waals surface area contributed by atoms with Gasteiger partial charge in [-0.25, -0.2) is 0 Å². The summed E-state index contributed by atoms with van der Waals surface area (Å²) in [6, 6.07) is -0.0310. The highest BCUT2D eigenvalue weighted by molar-refractivity contribution is 5.81. The molecule has 1 saturated heterocycles. The first kappa shape index (κ1) is 16.4. The van der Waals surface area contributed by atoms with Crippen molar-refractivity contribution in [1.29, 1.82) is 0 Å². The van der Waals surface area contributed by atoms with Crippen LogP contribution in [0.3, 0.4) is 0 Å². The van der Waals surface area contributed by atoms with Crippen LogP contribution < -0.4 is 11.1 Å². The fraction of sp³-hybridized carbons (Fsp3) is 0.929. The summed E-state index contributed by atoms with van der Waals surface area (Å²) in [4.78, 5) is 14.1. The SMILES string of the molecule is CCCNC(=O)C(C)N1CCC(OCCCN)CC1. The second kappa shape index (κ2) is 9.28. The van der Waals surface area contributed by atoms with Crippen molar-refractivity contribution in [3.63, 3.8) is 0 Å². The molecule has 0 bridgehead atoms. The quantitative estimate of drug-likeness (QED) is 0.639. The maximum atomic E-state index is 11.9. The van der Waals surface area contributed by atoms with Gasteiger partial charge in [-0.1, -0.05) is 6.92 Å². The van der Waals surface area contributed by atoms with E-state index in [9.17, 15) is 4.79 Å². The summed E-state index contributed by atoms with van der Waals surface area (Å²) in [5.41, 5.74) is 5.45. The molecule has 0 aromatic carbocycles. The average Bonchev–Trinajstić information content (AvgIpc) is 2.45. The van der Waals surface area contributed by atoms with Crippen molar-refractivity contribution >= 4 is 5.91 Å². The van der Waals surface area contributed by atoms with Gasteiger partial charge in [0.05, 0.1) is 12.1 Å². The van der Waals surface area contributed by atoms with E-state index in [-0.39, 0.29) is 11.9 Å². The molecule has 1 amide bonds. The molecule has 0 radical (unpaired) electrons. The zero-order valence-electron chi connectivity index (χ0n) is 12.4. The Bertz CT molecular complexity index is 253. The minimum absolute atomic E-state index is 0.0310. The van der Waals surface area contributed by atoms with E-state index in [1.807, 2.05) is 6.92 Å². The molecule has 1 fully saturated rings. The number of likely N-dealkylation sites (tertiary alicyclic amines) is 1. The molecular weight excluding hydrogens is 242 g/mol. The Kier molecular flexibility index (Phi) is 8.02. The van der Waals surface area contributed by atoms with Crippen molar-refractivity contribution in [2.24, 2.45) is 5.73 Å². The zero-order valence-corrected chi connectivity index (χ0v) is 12.4. The average molecular weight is 271 g/mol. The first-order valence-electron chi connectivity index (χ1n) is 7.52. The molecule has 1 aliphatic heterocycles. The van der Waals surface area contributed by atoms with Crippen LogP contribution in [0.1, 0.15) is 39.5 Å². The molecule has 5 heteroatoms. The largest absolute Gasteiger partial charge is 0.378 e. The summed E-state index contributed by atoms with van der Waals surface area (Å²) >= 11 is 0. The van der Waals surface area contributed by atoms with Crippen molar-refractivity contribution in [2.45, 2.75) is 51.7 Å². The van der Waals surface area contributed by atoms with Gasteiger partial charge in [-0.3, -0.25) is 9.69 Å². The standard InChI is InChI=1S/C14H29N3O2/c1-3-8-16-14(18)12(2)17-9-5-13(6-10-17)19-11-4-7-15/h12-13H,3-11,15H2,1-2H3,(H,16,18). The molecule has 0 spiro atoms. The number of hydrogen-bond donors (Lipinski definition) is 2. The molecular formula is C14H29N3O2. The second-order valence-electron chi connectivity index (χ2n) is 5.22. The van der Waals surface area contributed by atoms with Crippen LogP contribution in [-0.2, 0) is 9.53 Å². The molecule has 1 rings (SSSR count). The summed E-state index contributed by atoms with van der Waals surface area (Å²) in [7, 11) is 0. The molecule has 112 valence electrons. The summed E-state index contributed by atoms with van der Waals surface area (Å²) in [5, 5.41) is 2.96. The molecule has 3 N–H and O–H groups in total. The lowest BCUT2D eigenvalue weighted by molar-refractivity contribution is -0.127. The van der Waals surface area contributed by atoms with Gasteiger partial charge in [-0.15, -0.1) is 0 Å². The highest BCUT2D eigenvalue weighted by Crippen LogP contribution is 2.16. The Morgan fingerprint density at radius 2 is 2.16 bits per heavy atom. The van der Waals surface area contributed by atoms with Crippen LogP contribution in [0.4, 0.5) is 0 Å². The lowest BCUT2D eigenvalue weighted by atomic mass is 10.1. The lowest BCUT2D eigenvalue weighted by Crippen LogP contribution is -2.49. The van der Waals surface area contributed by atoms with E-state index in [4.69, 9.17) is 10.5 Å². The van der Waals surface area contributed by atoms with E-state index in [0.29, 0.717) is 12.6 Å². The fourth-order valence-corrected chi connectivity index (χ4v) is 2.32. The Balaban J connectivity index is 2.22. The van der Waals surface area contributed by atoms with E-state index < -0.39 is 0 Å². The number of rotatable bonds is 8. The topological polar surface area (TPSA) is 67.6 Å². The van der Waals surface area contributed by atoms with E-state index in [1.54, 1.807) is 0 Å². The van der Waals surface area contributed by atoms with Gasteiger partial charge in [0.15, 0.2) is 0 Å². The van der Waals surface area contributed by atoms with Gasteiger partial charge in [0.1, 0.15) is 0 Å². The Morgan fingerprint density at radius 3 is 2.74 bits per heavy atom. The molecule has 0 aliphatic carbocycles. The lowest BCUT2D eigenvalue weighted by Gasteiger charge is -2.35. The van der Waals surface area contributed by atoms with Crippen LogP contribution in [-0.4, -0.2) is 55.7 Å². The van der Waals surface area contributed by atoms with Crippen LogP contribution in [0, 0.1) is 0 Å². The first-order valence-corrected chi connectivity index (χ1v) is 7.52. The fourth-order valence-electron chi connectivity index (χ4n) is 2.32. The molecule has 0 aromatic heterocycles. The third kappa shape index (κ3) is 5.89. The smallest absolute Gasteiger partial charge is 0.237 e. The first-order chi connectivity index (χ1) is 9.19. The maximum Gasteiger partial charge on any atom is 0.237 e. The predicted octanol–water partition coefficient (Wildman–Crippen LogP) is 0.731. The number of amides is 1. The molecule has 1 atom stereocenters. The number of hydrogen-bond acceptors (Lipinski definition) is 4. The number of nitrogens with zero attached hydrogens (tertiary/aromatic N) is 1. The van der Waals surface area contributed by atoms with Gasteiger partial charge >= 0.3 is 0 Å². The Hall–Kier alpha value is -0.650. The van der Waals surface area contributed by atoms with Crippen molar-refractivity contribution in [3.05, 3.63) is 0 Å². The van der Waals surface area contributed by atoms with Gasteiger partial charge in [-0.05, 0) is 39.2 Å². The van der Waals surface area contributed by atoms with Crippen LogP contribution in [0.2, 0.25) is 0 Å². The van der Waals surface area contributed by atoms with Gasteiger partial charge in [0.2, 0.25) is 5.91 Å². The number of nitrogens with one attached hydrogen (secondary N) is 1. The van der Waals surface area contributed by atoms with E-state index in [2.05, 4.69) is 17.1 Å². The van der Waals surface area contributed by atoms with E-state index >= 15 is 0 Å². The summed E-state index contributed by atoms with van der Waals surface area (Å²) in [5.74, 6) is 0.143. The number of nitrogens with two attached hydrogens (primary N) is 1. The van der Waals surface area contributed by atoms with Gasteiger partial charge in [-0.2, -0.15) is 0 Å². The van der Waals surface area contributed by atoms with Gasteiger partial charge in [0, 0.05) is 26.2 Å². The molecule has 1 heterocycles. The summed E-state index contributed by atoms with van der Waals surface area (Å²) in [6.07, 6.45) is 4.27. The Labute approximate surface area is 116 Å². The molecule has 0 saturated carbocycles. The number of carbonyl (C=O) groups is 1. The van der Waals surface area contributed by atoms with Gasteiger partial charge in [0.25, 0.3) is 0 Å². The maximum absolute atomic E-state index is 11.9. The van der Waals surface area contributed by atoms with Crippen LogP contribution in [0.15, 0.2) is 0 Å². The van der Waals surface area contributed by atoms with Crippen LogP contribution >= 0.6 is 0 Å². The van der Waals surface area contributed by atoms with E-state index in [1.165, 1.54) is 0 Å². The zero-order chi connectivity index (χ0) is 14.1. The van der Waals surface area contributed by atoms with Crippen LogP contribution in [0.5, 0.6) is 0 Å². The summed E-state index contributed by atoms with van der Waals surface area (Å²) in [6.45, 7) is 8.14. The molecule has 1 unspecified atom stereocenters. The Morgan fingerprint density at radius 1 is 1.47 bits per heavy atom. The highest BCUT2D eigenvalue weighted by atomic mass is 16.5. The minimum atomic E-state index is -0.0310. The van der Waals surface area contributed by atoms with E-state index in [0.717, 1.165) is 51.9 Å².